The molecule has 0 aliphatic heterocycles. The fourth-order valence-corrected chi connectivity index (χ4v) is 1.94. The van der Waals surface area contributed by atoms with Crippen molar-refractivity contribution in [2.75, 3.05) is 11.1 Å². The van der Waals surface area contributed by atoms with Gasteiger partial charge in [0.2, 0.25) is 0 Å². The molecule has 1 aliphatic rings. The Morgan fingerprint density at radius 2 is 2.00 bits per heavy atom. The number of hydrogen-bond acceptors (Lipinski definition) is 3. The van der Waals surface area contributed by atoms with E-state index in [9.17, 15) is 5.11 Å². The predicted octanol–water partition coefficient (Wildman–Crippen LogP) is 2.32. The van der Waals surface area contributed by atoms with Crippen molar-refractivity contribution in [2.45, 2.75) is 25.0 Å². The highest BCUT2D eigenvalue weighted by molar-refractivity contribution is 5.53. The van der Waals surface area contributed by atoms with Gasteiger partial charge in [-0.1, -0.05) is 31.2 Å². The molecule has 17 heavy (non-hydrogen) atoms. The van der Waals surface area contributed by atoms with E-state index in [0.717, 1.165) is 11.4 Å². The van der Waals surface area contributed by atoms with Crippen LogP contribution in [0.2, 0.25) is 0 Å². The first-order chi connectivity index (χ1) is 8.14. The molecule has 0 spiro atoms. The van der Waals surface area contributed by atoms with Crippen LogP contribution in [0.3, 0.4) is 0 Å². The van der Waals surface area contributed by atoms with Crippen LogP contribution in [-0.4, -0.2) is 16.7 Å². The fourth-order valence-electron chi connectivity index (χ4n) is 1.94. The molecular formula is C14H18N2O. The molecule has 1 aliphatic carbocycles. The topological polar surface area (TPSA) is 58.3 Å². The molecule has 1 aromatic carbocycles. The van der Waals surface area contributed by atoms with E-state index in [-0.39, 0.29) is 6.04 Å². The van der Waals surface area contributed by atoms with E-state index in [4.69, 9.17) is 5.73 Å². The SMILES string of the molecule is CC[C@@]1(O)C=CC=CC1Nc1ccc(N)cc1. The lowest BCUT2D eigenvalue weighted by molar-refractivity contribution is 0.0784. The van der Waals surface area contributed by atoms with Crippen molar-refractivity contribution in [3.8, 4) is 0 Å². The Kier molecular flexibility index (Phi) is 3.20. The number of rotatable bonds is 3. The number of anilines is 2. The van der Waals surface area contributed by atoms with Crippen molar-refractivity contribution >= 4 is 11.4 Å². The van der Waals surface area contributed by atoms with Crippen molar-refractivity contribution in [1.82, 2.24) is 0 Å². The highest BCUT2D eigenvalue weighted by Crippen LogP contribution is 2.25. The molecule has 0 heterocycles. The van der Waals surface area contributed by atoms with Gasteiger partial charge < -0.3 is 16.2 Å². The maximum absolute atomic E-state index is 10.4. The lowest BCUT2D eigenvalue weighted by atomic mass is 9.87. The highest BCUT2D eigenvalue weighted by atomic mass is 16.3. The molecule has 0 saturated heterocycles. The largest absolute Gasteiger partial charge is 0.399 e. The summed E-state index contributed by atoms with van der Waals surface area (Å²) in [5.74, 6) is 0. The van der Waals surface area contributed by atoms with E-state index >= 15 is 0 Å². The minimum absolute atomic E-state index is 0.110. The van der Waals surface area contributed by atoms with Crippen molar-refractivity contribution in [1.29, 1.82) is 0 Å². The quantitative estimate of drug-likeness (QED) is 0.698. The summed E-state index contributed by atoms with van der Waals surface area (Å²) in [7, 11) is 0. The molecule has 1 unspecified atom stereocenters. The Balaban J connectivity index is 2.15. The number of nitrogens with two attached hydrogens (primary N) is 1. The van der Waals surface area contributed by atoms with Gasteiger partial charge in [0.15, 0.2) is 0 Å². The molecule has 90 valence electrons. The van der Waals surface area contributed by atoms with E-state index in [1.165, 1.54) is 0 Å². The van der Waals surface area contributed by atoms with Crippen LogP contribution in [0.4, 0.5) is 11.4 Å². The summed E-state index contributed by atoms with van der Waals surface area (Å²) in [4.78, 5) is 0. The second-order valence-corrected chi connectivity index (χ2v) is 4.33. The zero-order valence-corrected chi connectivity index (χ0v) is 9.93. The zero-order chi connectivity index (χ0) is 12.3. The first-order valence-electron chi connectivity index (χ1n) is 5.84. The molecule has 0 amide bonds. The van der Waals surface area contributed by atoms with Crippen molar-refractivity contribution in [2.24, 2.45) is 0 Å². The van der Waals surface area contributed by atoms with E-state index < -0.39 is 5.60 Å². The van der Waals surface area contributed by atoms with E-state index in [1.54, 1.807) is 0 Å². The van der Waals surface area contributed by atoms with Gasteiger partial charge >= 0.3 is 0 Å². The number of allylic oxidation sites excluding steroid dienone is 2. The molecule has 0 bridgehead atoms. The molecule has 2 rings (SSSR count). The summed E-state index contributed by atoms with van der Waals surface area (Å²) in [6.45, 7) is 1.97. The molecular weight excluding hydrogens is 212 g/mol. The average molecular weight is 230 g/mol. The van der Waals surface area contributed by atoms with E-state index in [1.807, 2.05) is 55.5 Å². The van der Waals surface area contributed by atoms with Gasteiger partial charge in [0.1, 0.15) is 5.60 Å². The van der Waals surface area contributed by atoms with Gasteiger partial charge in [0.05, 0.1) is 6.04 Å². The molecule has 0 fully saturated rings. The van der Waals surface area contributed by atoms with Gasteiger partial charge in [-0.15, -0.1) is 0 Å². The standard InChI is InChI=1S/C14H18N2O/c1-2-14(17)10-4-3-5-13(14)16-12-8-6-11(15)7-9-12/h3-10,13,16-17H,2,15H2,1H3/t13?,14-/m1/s1. The van der Waals surface area contributed by atoms with Crippen LogP contribution in [0, 0.1) is 0 Å². The Morgan fingerprint density at radius 3 is 2.65 bits per heavy atom. The van der Waals surface area contributed by atoms with Crippen LogP contribution in [0.15, 0.2) is 48.6 Å². The summed E-state index contributed by atoms with van der Waals surface area (Å²) in [5, 5.41) is 13.7. The van der Waals surface area contributed by atoms with Gasteiger partial charge in [-0.25, -0.2) is 0 Å². The highest BCUT2D eigenvalue weighted by Gasteiger charge is 2.31. The predicted molar refractivity (Wildman–Crippen MR) is 71.8 cm³/mol. The number of nitrogens with one attached hydrogen (secondary N) is 1. The van der Waals surface area contributed by atoms with Crippen LogP contribution in [0.25, 0.3) is 0 Å². The van der Waals surface area contributed by atoms with Crippen LogP contribution in [-0.2, 0) is 0 Å². The molecule has 0 saturated carbocycles. The lowest BCUT2D eigenvalue weighted by Gasteiger charge is -2.34. The second-order valence-electron chi connectivity index (χ2n) is 4.33. The molecule has 3 nitrogen and oxygen atoms in total. The molecule has 0 aromatic heterocycles. The Labute approximate surface area is 102 Å². The minimum atomic E-state index is -0.823. The average Bonchev–Trinajstić information content (AvgIpc) is 2.35. The maximum atomic E-state index is 10.4. The summed E-state index contributed by atoms with van der Waals surface area (Å²) in [5.41, 5.74) is 6.50. The summed E-state index contributed by atoms with van der Waals surface area (Å²) >= 11 is 0. The minimum Gasteiger partial charge on any atom is -0.399 e. The summed E-state index contributed by atoms with van der Waals surface area (Å²) in [6, 6.07) is 7.40. The van der Waals surface area contributed by atoms with Crippen molar-refractivity contribution < 1.29 is 5.11 Å². The first kappa shape index (κ1) is 11.7. The van der Waals surface area contributed by atoms with Crippen LogP contribution >= 0.6 is 0 Å². The molecule has 0 radical (unpaired) electrons. The number of benzene rings is 1. The monoisotopic (exact) mass is 230 g/mol. The zero-order valence-electron chi connectivity index (χ0n) is 9.93. The van der Waals surface area contributed by atoms with Crippen LogP contribution in [0.5, 0.6) is 0 Å². The number of hydrogen-bond donors (Lipinski definition) is 3. The Morgan fingerprint density at radius 1 is 1.29 bits per heavy atom. The molecule has 1 aromatic rings. The van der Waals surface area contributed by atoms with E-state index in [0.29, 0.717) is 6.42 Å². The third-order valence-electron chi connectivity index (χ3n) is 3.14. The van der Waals surface area contributed by atoms with Crippen LogP contribution in [0.1, 0.15) is 13.3 Å². The first-order valence-corrected chi connectivity index (χ1v) is 5.84. The smallest absolute Gasteiger partial charge is 0.106 e. The third kappa shape index (κ3) is 2.50. The van der Waals surface area contributed by atoms with Crippen molar-refractivity contribution in [3.63, 3.8) is 0 Å². The lowest BCUT2D eigenvalue weighted by Crippen LogP contribution is -2.44. The van der Waals surface area contributed by atoms with Gasteiger partial charge in [0.25, 0.3) is 0 Å². The maximum Gasteiger partial charge on any atom is 0.106 e. The Bertz CT molecular complexity index is 436. The third-order valence-corrected chi connectivity index (χ3v) is 3.14. The van der Waals surface area contributed by atoms with Crippen LogP contribution < -0.4 is 11.1 Å². The molecule has 2 atom stereocenters. The van der Waals surface area contributed by atoms with Gasteiger partial charge in [0, 0.05) is 11.4 Å². The molecule has 3 heteroatoms. The number of nitrogen functional groups attached to an aromatic ring is 1. The number of aliphatic hydroxyl groups is 1. The normalized spacial score (nSPS) is 27.1. The second kappa shape index (κ2) is 4.63. The van der Waals surface area contributed by atoms with Crippen molar-refractivity contribution in [3.05, 3.63) is 48.6 Å². The summed E-state index contributed by atoms with van der Waals surface area (Å²) < 4.78 is 0. The molecule has 4 N–H and O–H groups in total. The Hall–Kier alpha value is -1.74. The van der Waals surface area contributed by atoms with Gasteiger partial charge in [-0.05, 0) is 30.7 Å². The summed E-state index contributed by atoms with van der Waals surface area (Å²) in [6.07, 6.45) is 8.30. The fraction of sp³-hybridized carbons (Fsp3) is 0.286. The van der Waals surface area contributed by atoms with E-state index in [2.05, 4.69) is 5.32 Å². The van der Waals surface area contributed by atoms with Gasteiger partial charge in [-0.3, -0.25) is 0 Å². The van der Waals surface area contributed by atoms with Gasteiger partial charge in [-0.2, -0.15) is 0 Å².